The fourth-order valence-electron chi connectivity index (χ4n) is 3.73. The van der Waals surface area contributed by atoms with E-state index in [2.05, 4.69) is 9.88 Å². The Morgan fingerprint density at radius 3 is 2.11 bits per heavy atom. The van der Waals surface area contributed by atoms with Crippen LogP contribution in [0.3, 0.4) is 0 Å². The summed E-state index contributed by atoms with van der Waals surface area (Å²) in [4.78, 5) is 24.5. The molecule has 0 amide bonds. The van der Waals surface area contributed by atoms with Gasteiger partial charge in [0.25, 0.3) is 0 Å². The third-order valence-electron chi connectivity index (χ3n) is 5.69. The maximum absolute atomic E-state index is 10.6. The summed E-state index contributed by atoms with van der Waals surface area (Å²) in [5, 5.41) is 14.9. The van der Waals surface area contributed by atoms with Crippen molar-refractivity contribution in [3.8, 4) is 5.75 Å². The molecular formula is C20H23ClF6N2O6. The van der Waals surface area contributed by atoms with E-state index in [4.69, 9.17) is 40.9 Å². The summed E-state index contributed by atoms with van der Waals surface area (Å²) in [5.74, 6) is -3.66. The number of fused-ring (bicyclic) bond motifs is 1. The molecule has 0 spiro atoms. The summed E-state index contributed by atoms with van der Waals surface area (Å²) in [6.45, 7) is 3.81. The van der Waals surface area contributed by atoms with Crippen molar-refractivity contribution in [1.29, 1.82) is 0 Å². The van der Waals surface area contributed by atoms with Crippen molar-refractivity contribution in [1.82, 2.24) is 9.88 Å². The Morgan fingerprint density at radius 1 is 1.09 bits per heavy atom. The topological polar surface area (TPSA) is 109 Å². The molecule has 15 heteroatoms. The van der Waals surface area contributed by atoms with E-state index in [1.54, 1.807) is 12.4 Å². The SMILES string of the molecule is Clc1cncc(OC[C@H]2CO[C@@H]3CN(C4CCC4)C[C@H]23)c1.O=C(O)C(F)(F)F.O=C(O)C(F)(F)F. The maximum Gasteiger partial charge on any atom is 0.490 e. The largest absolute Gasteiger partial charge is 0.492 e. The minimum Gasteiger partial charge on any atom is -0.492 e. The summed E-state index contributed by atoms with van der Waals surface area (Å²) in [7, 11) is 0. The van der Waals surface area contributed by atoms with Gasteiger partial charge in [-0.05, 0) is 12.8 Å². The molecule has 1 saturated carbocycles. The zero-order valence-corrected chi connectivity index (χ0v) is 18.8. The van der Waals surface area contributed by atoms with Crippen molar-refractivity contribution < 1.29 is 55.6 Å². The summed E-state index contributed by atoms with van der Waals surface area (Å²) < 4.78 is 75.3. The first-order chi connectivity index (χ1) is 16.2. The van der Waals surface area contributed by atoms with Crippen molar-refractivity contribution >= 4 is 23.5 Å². The number of nitrogens with zero attached hydrogens (tertiary/aromatic N) is 2. The normalized spacial score (nSPS) is 24.3. The Hall–Kier alpha value is -2.32. The average molecular weight is 537 g/mol. The predicted molar refractivity (Wildman–Crippen MR) is 108 cm³/mol. The van der Waals surface area contributed by atoms with Crippen molar-refractivity contribution in [3.63, 3.8) is 0 Å². The van der Waals surface area contributed by atoms with Gasteiger partial charge in [0, 0.05) is 43.2 Å². The number of likely N-dealkylation sites (tertiary alicyclic amines) is 1. The van der Waals surface area contributed by atoms with E-state index >= 15 is 0 Å². The zero-order chi connectivity index (χ0) is 26.4. The molecule has 2 saturated heterocycles. The van der Waals surface area contributed by atoms with Crippen molar-refractivity contribution in [2.45, 2.75) is 43.8 Å². The van der Waals surface area contributed by atoms with Gasteiger partial charge in [0.15, 0.2) is 0 Å². The molecule has 3 heterocycles. The minimum atomic E-state index is -5.08. The van der Waals surface area contributed by atoms with Crippen molar-refractivity contribution in [3.05, 3.63) is 23.5 Å². The Balaban J connectivity index is 0.000000257. The van der Waals surface area contributed by atoms with E-state index in [-0.39, 0.29) is 0 Å². The molecule has 0 unspecified atom stereocenters. The van der Waals surface area contributed by atoms with Crippen LogP contribution < -0.4 is 4.74 Å². The Kier molecular flexibility index (Phi) is 9.98. The molecule has 2 aliphatic heterocycles. The van der Waals surface area contributed by atoms with Crippen LogP contribution in [0.1, 0.15) is 19.3 Å². The van der Waals surface area contributed by atoms with Crippen molar-refractivity contribution in [2.24, 2.45) is 11.8 Å². The molecule has 1 aliphatic carbocycles. The molecule has 3 aliphatic rings. The second-order valence-electron chi connectivity index (χ2n) is 8.09. The maximum atomic E-state index is 10.6. The van der Waals surface area contributed by atoms with Crippen LogP contribution in [0.5, 0.6) is 5.75 Å². The first-order valence-corrected chi connectivity index (χ1v) is 10.8. The van der Waals surface area contributed by atoms with Crippen LogP contribution in [-0.2, 0) is 14.3 Å². The predicted octanol–water partition coefficient (Wildman–Crippen LogP) is 3.88. The number of carboxylic acids is 2. The Bertz CT molecular complexity index is 843. The van der Waals surface area contributed by atoms with Gasteiger partial charge in [-0.3, -0.25) is 9.88 Å². The molecule has 3 atom stereocenters. The highest BCUT2D eigenvalue weighted by atomic mass is 35.5. The highest BCUT2D eigenvalue weighted by molar-refractivity contribution is 6.30. The quantitative estimate of drug-likeness (QED) is 0.558. The molecule has 35 heavy (non-hydrogen) atoms. The zero-order valence-electron chi connectivity index (χ0n) is 18.1. The number of halogens is 7. The fourth-order valence-corrected chi connectivity index (χ4v) is 3.89. The number of alkyl halides is 6. The van der Waals surface area contributed by atoms with Gasteiger partial charge in [-0.1, -0.05) is 18.0 Å². The van der Waals surface area contributed by atoms with E-state index in [0.717, 1.165) is 24.9 Å². The third-order valence-corrected chi connectivity index (χ3v) is 5.89. The first-order valence-electron chi connectivity index (χ1n) is 10.4. The number of rotatable bonds is 4. The summed E-state index contributed by atoms with van der Waals surface area (Å²) in [5.41, 5.74) is 0. The first kappa shape index (κ1) is 28.9. The van der Waals surface area contributed by atoms with Crippen LogP contribution in [-0.4, -0.2) is 82.8 Å². The van der Waals surface area contributed by atoms with Gasteiger partial charge in [0.2, 0.25) is 0 Å². The van der Waals surface area contributed by atoms with Gasteiger partial charge in [-0.2, -0.15) is 26.3 Å². The standard InChI is InChI=1S/C16H21ClN2O2.2C2HF3O2/c17-12-4-14(6-18-5-12)20-9-11-10-21-16-8-19(7-15(11)16)13-2-1-3-13;2*3-2(4,5)1(6)7/h4-6,11,13,15-16H,1-3,7-10H2;2*(H,6,7)/t11-,15+,16+;;/m0../s1. The number of hydrogen-bond acceptors (Lipinski definition) is 6. The van der Waals surface area contributed by atoms with Crippen LogP contribution in [0.2, 0.25) is 5.02 Å². The van der Waals surface area contributed by atoms with Gasteiger partial charge in [-0.25, -0.2) is 9.59 Å². The molecule has 4 rings (SSSR count). The van der Waals surface area contributed by atoms with E-state index in [1.165, 1.54) is 25.8 Å². The van der Waals surface area contributed by atoms with Gasteiger partial charge in [0.1, 0.15) is 5.75 Å². The van der Waals surface area contributed by atoms with Gasteiger partial charge in [-0.15, -0.1) is 0 Å². The molecule has 1 aromatic rings. The molecule has 198 valence electrons. The summed E-state index contributed by atoms with van der Waals surface area (Å²) >= 11 is 5.93. The number of ether oxygens (including phenoxy) is 2. The lowest BCUT2D eigenvalue weighted by atomic mass is 9.91. The van der Waals surface area contributed by atoms with Crippen LogP contribution in [0, 0.1) is 11.8 Å². The number of pyridine rings is 1. The van der Waals surface area contributed by atoms with E-state index < -0.39 is 24.3 Å². The van der Waals surface area contributed by atoms with Crippen molar-refractivity contribution in [2.75, 3.05) is 26.3 Å². The van der Waals surface area contributed by atoms with E-state index in [1.807, 2.05) is 6.07 Å². The number of aromatic nitrogens is 1. The summed E-state index contributed by atoms with van der Waals surface area (Å²) in [6, 6.07) is 2.63. The average Bonchev–Trinajstić information content (AvgIpc) is 3.25. The smallest absolute Gasteiger partial charge is 0.490 e. The lowest BCUT2D eigenvalue weighted by Crippen LogP contribution is -2.40. The summed E-state index contributed by atoms with van der Waals surface area (Å²) in [6.07, 6.45) is -2.28. The highest BCUT2D eigenvalue weighted by Crippen LogP contribution is 2.38. The molecule has 1 aromatic heterocycles. The van der Waals surface area contributed by atoms with Crippen LogP contribution >= 0.6 is 11.6 Å². The van der Waals surface area contributed by atoms with Crippen LogP contribution in [0.4, 0.5) is 26.3 Å². The van der Waals surface area contributed by atoms with Crippen LogP contribution in [0.25, 0.3) is 0 Å². The molecule has 0 aromatic carbocycles. The highest BCUT2D eigenvalue weighted by Gasteiger charge is 2.46. The Labute approximate surface area is 200 Å². The molecule has 3 fully saturated rings. The molecule has 8 nitrogen and oxygen atoms in total. The molecule has 0 bridgehead atoms. The molecule has 2 N–H and O–H groups in total. The van der Waals surface area contributed by atoms with Crippen LogP contribution in [0.15, 0.2) is 18.5 Å². The van der Waals surface area contributed by atoms with E-state index in [0.29, 0.717) is 29.6 Å². The molecule has 0 radical (unpaired) electrons. The number of carboxylic acid groups (broad SMARTS) is 2. The van der Waals surface area contributed by atoms with Gasteiger partial charge < -0.3 is 19.7 Å². The van der Waals surface area contributed by atoms with Gasteiger partial charge in [0.05, 0.1) is 30.5 Å². The second kappa shape index (κ2) is 12.1. The number of hydrogen-bond donors (Lipinski definition) is 2. The fraction of sp³-hybridized carbons (Fsp3) is 0.650. The minimum absolute atomic E-state index is 0.414. The Morgan fingerprint density at radius 2 is 1.66 bits per heavy atom. The molecular weight excluding hydrogens is 514 g/mol. The third kappa shape index (κ3) is 9.00. The number of aliphatic carboxylic acids is 2. The lowest BCUT2D eigenvalue weighted by Gasteiger charge is -2.35. The van der Waals surface area contributed by atoms with E-state index in [9.17, 15) is 26.3 Å². The number of carbonyl (C=O) groups is 2. The van der Waals surface area contributed by atoms with Gasteiger partial charge >= 0.3 is 24.3 Å². The second-order valence-corrected chi connectivity index (χ2v) is 8.53. The lowest BCUT2D eigenvalue weighted by molar-refractivity contribution is -0.193. The monoisotopic (exact) mass is 536 g/mol.